The first-order valence-electron chi connectivity index (χ1n) is 6.46. The first kappa shape index (κ1) is 14.2. The topological polar surface area (TPSA) is 62.1 Å². The van der Waals surface area contributed by atoms with Crippen LogP contribution < -0.4 is 5.32 Å². The van der Waals surface area contributed by atoms with Crippen LogP contribution >= 0.6 is 0 Å². The summed E-state index contributed by atoms with van der Waals surface area (Å²) in [7, 11) is 0. The summed E-state index contributed by atoms with van der Waals surface area (Å²) in [5, 5.41) is 11.7. The van der Waals surface area contributed by atoms with Crippen LogP contribution in [0.3, 0.4) is 0 Å². The van der Waals surface area contributed by atoms with E-state index in [1.807, 2.05) is 6.07 Å². The van der Waals surface area contributed by atoms with Crippen LogP contribution in [0.1, 0.15) is 18.4 Å². The fourth-order valence-electron chi connectivity index (χ4n) is 1.98. The Morgan fingerprint density at radius 1 is 1.50 bits per heavy atom. The quantitative estimate of drug-likeness (QED) is 0.675. The predicted molar refractivity (Wildman–Crippen MR) is 72.0 cm³/mol. The molecule has 0 unspecified atom stereocenters. The first-order valence-corrected chi connectivity index (χ1v) is 6.46. The van der Waals surface area contributed by atoms with Crippen molar-refractivity contribution >= 4 is 12.0 Å². The number of hydrogen-bond acceptors (Lipinski definition) is 3. The number of amides is 1. The smallest absolute Gasteiger partial charge is 0.262 e. The number of nitrogens with zero attached hydrogens (tertiary/aromatic N) is 1. The molecule has 1 atom stereocenters. The summed E-state index contributed by atoms with van der Waals surface area (Å²) in [6.07, 6.45) is 3.38. The highest BCUT2D eigenvalue weighted by atomic mass is 19.1. The van der Waals surface area contributed by atoms with Gasteiger partial charge in [-0.25, -0.2) is 4.39 Å². The van der Waals surface area contributed by atoms with E-state index >= 15 is 0 Å². The standard InChI is InChI=1S/C15H15FN2O2/c16-13-5-3-11(4-6-13)8-12(9-17)15(19)18-10-14-2-1-7-20-14/h3-6,8,14H,1-2,7,10H2,(H,18,19)/b12-8+/t14-/m0/s1. The number of hydrogen-bond donors (Lipinski definition) is 1. The molecule has 1 aliphatic rings. The number of ether oxygens (including phenoxy) is 1. The third-order valence-corrected chi connectivity index (χ3v) is 3.06. The largest absolute Gasteiger partial charge is 0.376 e. The second kappa shape index (κ2) is 6.83. The van der Waals surface area contributed by atoms with Crippen molar-refractivity contribution < 1.29 is 13.9 Å². The molecule has 1 amide bonds. The molecule has 0 bridgehead atoms. The summed E-state index contributed by atoms with van der Waals surface area (Å²) in [4.78, 5) is 11.9. The molecular formula is C15H15FN2O2. The van der Waals surface area contributed by atoms with Crippen LogP contribution in [0.5, 0.6) is 0 Å². The van der Waals surface area contributed by atoms with Crippen LogP contribution in [-0.2, 0) is 9.53 Å². The molecule has 2 rings (SSSR count). The first-order chi connectivity index (χ1) is 9.69. The van der Waals surface area contributed by atoms with Gasteiger partial charge in [-0.05, 0) is 36.6 Å². The van der Waals surface area contributed by atoms with E-state index in [2.05, 4.69) is 5.32 Å². The number of carbonyl (C=O) groups is 1. The predicted octanol–water partition coefficient (Wildman–Crippen LogP) is 2.03. The van der Waals surface area contributed by atoms with Gasteiger partial charge in [-0.1, -0.05) is 12.1 Å². The van der Waals surface area contributed by atoms with Gasteiger partial charge in [0.25, 0.3) is 5.91 Å². The molecule has 1 aromatic carbocycles. The van der Waals surface area contributed by atoms with E-state index < -0.39 is 5.91 Å². The maximum absolute atomic E-state index is 12.8. The zero-order valence-electron chi connectivity index (χ0n) is 10.9. The van der Waals surface area contributed by atoms with Crippen molar-refractivity contribution in [2.45, 2.75) is 18.9 Å². The Morgan fingerprint density at radius 3 is 2.85 bits per heavy atom. The van der Waals surface area contributed by atoms with E-state index in [0.29, 0.717) is 12.1 Å². The number of carbonyl (C=O) groups excluding carboxylic acids is 1. The van der Waals surface area contributed by atoms with E-state index in [4.69, 9.17) is 10.00 Å². The van der Waals surface area contributed by atoms with Crippen LogP contribution in [-0.4, -0.2) is 25.2 Å². The third-order valence-electron chi connectivity index (χ3n) is 3.06. The van der Waals surface area contributed by atoms with Gasteiger partial charge in [0, 0.05) is 13.2 Å². The minimum atomic E-state index is -0.438. The molecule has 4 nitrogen and oxygen atoms in total. The summed E-state index contributed by atoms with van der Waals surface area (Å²) in [5.74, 6) is -0.796. The van der Waals surface area contributed by atoms with Gasteiger partial charge >= 0.3 is 0 Å². The normalized spacial score (nSPS) is 18.6. The second-order valence-corrected chi connectivity index (χ2v) is 4.57. The van der Waals surface area contributed by atoms with E-state index in [0.717, 1.165) is 19.4 Å². The molecule has 0 spiro atoms. The summed E-state index contributed by atoms with van der Waals surface area (Å²) in [6.45, 7) is 1.12. The fraction of sp³-hybridized carbons (Fsp3) is 0.333. The zero-order chi connectivity index (χ0) is 14.4. The summed E-state index contributed by atoms with van der Waals surface area (Å²) >= 11 is 0. The van der Waals surface area contributed by atoms with Crippen molar-refractivity contribution in [3.63, 3.8) is 0 Å². The molecule has 1 N–H and O–H groups in total. The lowest BCUT2D eigenvalue weighted by molar-refractivity contribution is -0.117. The number of nitrogens with one attached hydrogen (secondary N) is 1. The van der Waals surface area contributed by atoms with Crippen molar-refractivity contribution in [3.8, 4) is 6.07 Å². The lowest BCUT2D eigenvalue weighted by Crippen LogP contribution is -2.32. The highest BCUT2D eigenvalue weighted by Crippen LogP contribution is 2.11. The molecule has 1 saturated heterocycles. The van der Waals surface area contributed by atoms with Gasteiger partial charge in [0.1, 0.15) is 17.5 Å². The van der Waals surface area contributed by atoms with Gasteiger partial charge < -0.3 is 10.1 Å². The molecule has 1 aromatic rings. The van der Waals surface area contributed by atoms with Gasteiger partial charge in [-0.15, -0.1) is 0 Å². The van der Waals surface area contributed by atoms with E-state index in [1.54, 1.807) is 0 Å². The van der Waals surface area contributed by atoms with Crippen molar-refractivity contribution in [2.75, 3.05) is 13.2 Å². The summed E-state index contributed by atoms with van der Waals surface area (Å²) < 4.78 is 18.2. The summed E-state index contributed by atoms with van der Waals surface area (Å²) in [5.41, 5.74) is 0.602. The highest BCUT2D eigenvalue weighted by molar-refractivity contribution is 6.01. The molecule has 1 aliphatic heterocycles. The number of halogens is 1. The third kappa shape index (κ3) is 3.90. The lowest BCUT2D eigenvalue weighted by Gasteiger charge is -2.10. The van der Waals surface area contributed by atoms with Gasteiger partial charge in [0.05, 0.1) is 6.10 Å². The lowest BCUT2D eigenvalue weighted by atomic mass is 10.1. The molecular weight excluding hydrogens is 259 g/mol. The Labute approximate surface area is 116 Å². The molecule has 1 fully saturated rings. The van der Waals surface area contributed by atoms with Crippen molar-refractivity contribution in [3.05, 3.63) is 41.2 Å². The van der Waals surface area contributed by atoms with Crippen molar-refractivity contribution in [2.24, 2.45) is 0 Å². The van der Waals surface area contributed by atoms with Crippen LogP contribution in [0.2, 0.25) is 0 Å². The fourth-order valence-corrected chi connectivity index (χ4v) is 1.98. The van der Waals surface area contributed by atoms with Crippen LogP contribution in [0.25, 0.3) is 6.08 Å². The van der Waals surface area contributed by atoms with E-state index in [1.165, 1.54) is 30.3 Å². The zero-order valence-corrected chi connectivity index (χ0v) is 10.9. The van der Waals surface area contributed by atoms with Crippen LogP contribution in [0, 0.1) is 17.1 Å². The Balaban J connectivity index is 1.97. The van der Waals surface area contributed by atoms with Gasteiger partial charge in [-0.2, -0.15) is 5.26 Å². The van der Waals surface area contributed by atoms with E-state index in [-0.39, 0.29) is 17.5 Å². The van der Waals surface area contributed by atoms with Crippen molar-refractivity contribution in [1.29, 1.82) is 5.26 Å². The highest BCUT2D eigenvalue weighted by Gasteiger charge is 2.17. The Kier molecular flexibility index (Phi) is 4.85. The van der Waals surface area contributed by atoms with Crippen molar-refractivity contribution in [1.82, 2.24) is 5.32 Å². The molecule has 0 radical (unpaired) electrons. The Hall–Kier alpha value is -2.19. The Bertz CT molecular complexity index is 540. The second-order valence-electron chi connectivity index (χ2n) is 4.57. The average molecular weight is 274 g/mol. The van der Waals surface area contributed by atoms with E-state index in [9.17, 15) is 9.18 Å². The number of benzene rings is 1. The van der Waals surface area contributed by atoms with Crippen LogP contribution in [0.15, 0.2) is 29.8 Å². The molecule has 104 valence electrons. The molecule has 0 aromatic heterocycles. The number of rotatable bonds is 4. The van der Waals surface area contributed by atoms with Gasteiger partial charge in [0.2, 0.25) is 0 Å². The van der Waals surface area contributed by atoms with Crippen LogP contribution in [0.4, 0.5) is 4.39 Å². The average Bonchev–Trinajstić information content (AvgIpc) is 2.97. The maximum atomic E-state index is 12.8. The van der Waals surface area contributed by atoms with Gasteiger partial charge in [0.15, 0.2) is 0 Å². The molecule has 5 heteroatoms. The number of nitriles is 1. The minimum absolute atomic E-state index is 0.00500. The monoisotopic (exact) mass is 274 g/mol. The molecule has 0 aliphatic carbocycles. The summed E-state index contributed by atoms with van der Waals surface area (Å²) in [6, 6.07) is 7.45. The molecule has 0 saturated carbocycles. The van der Waals surface area contributed by atoms with Gasteiger partial charge in [-0.3, -0.25) is 4.79 Å². The molecule has 1 heterocycles. The molecule has 20 heavy (non-hydrogen) atoms. The SMILES string of the molecule is N#C/C(=C\c1ccc(F)cc1)C(=O)NC[C@@H]1CCCO1. The maximum Gasteiger partial charge on any atom is 0.262 e. The Morgan fingerprint density at radius 2 is 2.25 bits per heavy atom. The minimum Gasteiger partial charge on any atom is -0.376 e.